The van der Waals surface area contributed by atoms with E-state index >= 15 is 0 Å². The summed E-state index contributed by atoms with van der Waals surface area (Å²) in [6.07, 6.45) is 3.38. The highest BCUT2D eigenvalue weighted by Crippen LogP contribution is 2.48. The molecule has 1 aromatic heterocycles. The number of aryl methyl sites for hydroxylation is 1. The second-order valence-corrected chi connectivity index (χ2v) is 7.95. The second-order valence-electron chi connectivity index (χ2n) is 6.92. The van der Waals surface area contributed by atoms with Crippen LogP contribution in [0.3, 0.4) is 0 Å². The molecule has 0 radical (unpaired) electrons. The Kier molecular flexibility index (Phi) is 3.82. The van der Waals surface area contributed by atoms with E-state index in [-0.39, 0.29) is 17.9 Å². The van der Waals surface area contributed by atoms with Gasteiger partial charge < -0.3 is 10.0 Å². The number of fused-ring (bicyclic) bond motifs is 1. The second kappa shape index (κ2) is 5.36. The molecule has 0 bridgehead atoms. The summed E-state index contributed by atoms with van der Waals surface area (Å²) in [4.78, 5) is 20.1. The van der Waals surface area contributed by atoms with Gasteiger partial charge in [-0.2, -0.15) is 0 Å². The average Bonchev–Trinajstić information content (AvgIpc) is 3.09. The minimum atomic E-state index is -0.0326. The Balaban J connectivity index is 1.81. The molecule has 1 N–H and O–H groups in total. The Bertz CT molecular complexity index is 554. The summed E-state index contributed by atoms with van der Waals surface area (Å²) in [7, 11) is 0. The highest BCUT2D eigenvalue weighted by Gasteiger charge is 2.50. The molecule has 1 aliphatic heterocycles. The van der Waals surface area contributed by atoms with Crippen LogP contribution in [0.15, 0.2) is 0 Å². The number of rotatable bonds is 3. The monoisotopic (exact) mass is 308 g/mol. The van der Waals surface area contributed by atoms with Crippen molar-refractivity contribution < 1.29 is 9.90 Å². The van der Waals surface area contributed by atoms with Gasteiger partial charge in [0.15, 0.2) is 0 Å². The number of hydrogen-bond acceptors (Lipinski definition) is 4. The minimum Gasteiger partial charge on any atom is -0.396 e. The SMILES string of the molecule is Cc1nc(C(C)C)sc1C(=O)N1CC2CCC[C@@]2(CO)C1. The van der Waals surface area contributed by atoms with E-state index in [1.807, 2.05) is 11.8 Å². The van der Waals surface area contributed by atoms with Gasteiger partial charge in [0.25, 0.3) is 5.91 Å². The summed E-state index contributed by atoms with van der Waals surface area (Å²) < 4.78 is 0. The summed E-state index contributed by atoms with van der Waals surface area (Å²) in [5, 5.41) is 10.8. The number of hydrogen-bond donors (Lipinski definition) is 1. The van der Waals surface area contributed by atoms with Gasteiger partial charge in [-0.1, -0.05) is 20.3 Å². The molecule has 1 amide bonds. The number of carbonyl (C=O) groups excluding carboxylic acids is 1. The van der Waals surface area contributed by atoms with Crippen LogP contribution in [0.2, 0.25) is 0 Å². The Morgan fingerprint density at radius 1 is 1.57 bits per heavy atom. The standard InChI is InChI=1S/C16H24N2O2S/c1-10(2)14-17-11(3)13(21-14)15(20)18-7-12-5-4-6-16(12,8-18)9-19/h10,12,19H,4-9H2,1-3H3/t12?,16-/m0/s1. The molecule has 1 unspecified atom stereocenters. The maximum absolute atomic E-state index is 12.8. The number of likely N-dealkylation sites (tertiary alicyclic amines) is 1. The molecule has 1 saturated carbocycles. The van der Waals surface area contributed by atoms with E-state index in [0.717, 1.165) is 35.0 Å². The van der Waals surface area contributed by atoms with E-state index in [0.29, 0.717) is 18.4 Å². The van der Waals surface area contributed by atoms with Crippen molar-refractivity contribution >= 4 is 17.2 Å². The number of amides is 1. The first-order chi connectivity index (χ1) is 9.97. The fraction of sp³-hybridized carbons (Fsp3) is 0.750. The summed E-state index contributed by atoms with van der Waals surface area (Å²) in [5.74, 6) is 0.945. The lowest BCUT2D eigenvalue weighted by molar-refractivity contribution is 0.0738. The van der Waals surface area contributed by atoms with Crippen LogP contribution in [0.1, 0.15) is 59.4 Å². The molecule has 2 heterocycles. The predicted octanol–water partition coefficient (Wildman–Crippen LogP) is 2.81. The number of aliphatic hydroxyl groups excluding tert-OH is 1. The molecule has 0 aromatic carbocycles. The van der Waals surface area contributed by atoms with Crippen LogP contribution in [-0.4, -0.2) is 40.6 Å². The first-order valence-corrected chi connectivity index (χ1v) is 8.66. The maximum Gasteiger partial charge on any atom is 0.265 e. The van der Waals surface area contributed by atoms with Gasteiger partial charge in [0.1, 0.15) is 4.88 Å². The molecule has 5 heteroatoms. The van der Waals surface area contributed by atoms with Gasteiger partial charge in [-0.15, -0.1) is 11.3 Å². The molecule has 1 aliphatic carbocycles. The third-order valence-electron chi connectivity index (χ3n) is 5.14. The van der Waals surface area contributed by atoms with Gasteiger partial charge >= 0.3 is 0 Å². The Morgan fingerprint density at radius 2 is 2.33 bits per heavy atom. The normalized spacial score (nSPS) is 28.4. The van der Waals surface area contributed by atoms with E-state index in [1.165, 1.54) is 17.8 Å². The lowest BCUT2D eigenvalue weighted by Crippen LogP contribution is -2.33. The zero-order valence-electron chi connectivity index (χ0n) is 13.1. The van der Waals surface area contributed by atoms with Crippen LogP contribution in [0.4, 0.5) is 0 Å². The largest absolute Gasteiger partial charge is 0.396 e. The molecular weight excluding hydrogens is 284 g/mol. The zero-order chi connectivity index (χ0) is 15.2. The highest BCUT2D eigenvalue weighted by molar-refractivity contribution is 7.13. The molecule has 116 valence electrons. The van der Waals surface area contributed by atoms with E-state index in [9.17, 15) is 9.90 Å². The zero-order valence-corrected chi connectivity index (χ0v) is 13.9. The number of thiazole rings is 1. The Hall–Kier alpha value is -0.940. The van der Waals surface area contributed by atoms with Crippen molar-refractivity contribution in [1.29, 1.82) is 0 Å². The van der Waals surface area contributed by atoms with E-state index in [1.54, 1.807) is 0 Å². The van der Waals surface area contributed by atoms with Crippen molar-refractivity contribution in [3.05, 3.63) is 15.6 Å². The summed E-state index contributed by atoms with van der Waals surface area (Å²) in [6.45, 7) is 7.85. The molecule has 1 saturated heterocycles. The van der Waals surface area contributed by atoms with Crippen molar-refractivity contribution in [3.63, 3.8) is 0 Å². The van der Waals surface area contributed by atoms with Gasteiger partial charge in [0.2, 0.25) is 0 Å². The van der Waals surface area contributed by atoms with Gasteiger partial charge in [0, 0.05) is 24.4 Å². The van der Waals surface area contributed by atoms with Gasteiger partial charge in [-0.05, 0) is 25.7 Å². The van der Waals surface area contributed by atoms with Crippen molar-refractivity contribution in [1.82, 2.24) is 9.88 Å². The number of carbonyl (C=O) groups is 1. The summed E-state index contributed by atoms with van der Waals surface area (Å²) in [6, 6.07) is 0. The number of aromatic nitrogens is 1. The highest BCUT2D eigenvalue weighted by atomic mass is 32.1. The molecule has 0 spiro atoms. The predicted molar refractivity (Wildman–Crippen MR) is 83.7 cm³/mol. The van der Waals surface area contributed by atoms with Crippen LogP contribution in [0, 0.1) is 18.3 Å². The molecule has 4 nitrogen and oxygen atoms in total. The van der Waals surface area contributed by atoms with E-state index < -0.39 is 0 Å². The lowest BCUT2D eigenvalue weighted by Gasteiger charge is -2.25. The van der Waals surface area contributed by atoms with Gasteiger partial charge in [0.05, 0.1) is 17.3 Å². The van der Waals surface area contributed by atoms with Crippen LogP contribution in [-0.2, 0) is 0 Å². The minimum absolute atomic E-state index is 0.0326. The number of nitrogens with zero attached hydrogens (tertiary/aromatic N) is 2. The topological polar surface area (TPSA) is 53.4 Å². The summed E-state index contributed by atoms with van der Waals surface area (Å²) in [5.41, 5.74) is 0.818. The van der Waals surface area contributed by atoms with Gasteiger partial charge in [-0.25, -0.2) is 4.98 Å². The van der Waals surface area contributed by atoms with Crippen LogP contribution in [0.25, 0.3) is 0 Å². The lowest BCUT2D eigenvalue weighted by atomic mass is 9.82. The van der Waals surface area contributed by atoms with Gasteiger partial charge in [-0.3, -0.25) is 4.79 Å². The fourth-order valence-electron chi connectivity index (χ4n) is 3.83. The maximum atomic E-state index is 12.8. The molecule has 2 fully saturated rings. The molecule has 1 aromatic rings. The number of aliphatic hydroxyl groups is 1. The van der Waals surface area contributed by atoms with Crippen LogP contribution in [0.5, 0.6) is 0 Å². The van der Waals surface area contributed by atoms with E-state index in [4.69, 9.17) is 0 Å². The quantitative estimate of drug-likeness (QED) is 0.934. The molecule has 3 rings (SSSR count). The van der Waals surface area contributed by atoms with Crippen molar-refractivity contribution in [2.45, 2.75) is 46.0 Å². The smallest absolute Gasteiger partial charge is 0.265 e. The molecular formula is C16H24N2O2S. The van der Waals surface area contributed by atoms with Crippen LogP contribution < -0.4 is 0 Å². The van der Waals surface area contributed by atoms with E-state index in [2.05, 4.69) is 18.8 Å². The molecule has 2 aliphatic rings. The first-order valence-electron chi connectivity index (χ1n) is 7.84. The average molecular weight is 308 g/mol. The van der Waals surface area contributed by atoms with Crippen molar-refractivity contribution in [2.75, 3.05) is 19.7 Å². The summed E-state index contributed by atoms with van der Waals surface area (Å²) >= 11 is 1.53. The first kappa shape index (κ1) is 15.0. The fourth-order valence-corrected chi connectivity index (χ4v) is 4.87. The Labute approximate surface area is 130 Å². The van der Waals surface area contributed by atoms with Crippen LogP contribution >= 0.6 is 11.3 Å². The third kappa shape index (κ3) is 2.40. The molecule has 21 heavy (non-hydrogen) atoms. The van der Waals surface area contributed by atoms with Crippen molar-refractivity contribution in [3.8, 4) is 0 Å². The Morgan fingerprint density at radius 3 is 2.90 bits per heavy atom. The van der Waals surface area contributed by atoms with Crippen molar-refractivity contribution in [2.24, 2.45) is 11.3 Å². The molecule has 2 atom stereocenters. The third-order valence-corrected chi connectivity index (χ3v) is 6.59.